The molecular formula is C17H17NO4. The molecule has 0 unspecified atom stereocenters. The lowest BCUT2D eigenvalue weighted by Gasteiger charge is -2.26. The number of ketones is 1. The number of rotatable bonds is 5. The quantitative estimate of drug-likeness (QED) is 0.670. The number of Topliss-reactive ketones (excluding diaryl/α,β-unsaturated/α-hetero) is 1. The molecule has 1 aliphatic carbocycles. The maximum absolute atomic E-state index is 12.2. The van der Waals surface area contributed by atoms with Gasteiger partial charge in [-0.25, -0.2) is 4.79 Å². The summed E-state index contributed by atoms with van der Waals surface area (Å²) in [4.78, 5) is 36.1. The van der Waals surface area contributed by atoms with Crippen LogP contribution in [0.15, 0.2) is 53.3 Å². The van der Waals surface area contributed by atoms with Gasteiger partial charge in [0.25, 0.3) is 0 Å². The number of hydrogen-bond donors (Lipinski definition) is 1. The van der Waals surface area contributed by atoms with Gasteiger partial charge >= 0.3 is 5.97 Å². The summed E-state index contributed by atoms with van der Waals surface area (Å²) in [5, 5.41) is 9.01. The summed E-state index contributed by atoms with van der Waals surface area (Å²) in [5.74, 6) is -1.22. The van der Waals surface area contributed by atoms with Crippen LogP contribution in [0.1, 0.15) is 26.2 Å². The predicted octanol–water partition coefficient (Wildman–Crippen LogP) is 2.69. The van der Waals surface area contributed by atoms with E-state index < -0.39 is 5.97 Å². The highest BCUT2D eigenvalue weighted by Crippen LogP contribution is 2.29. The second-order valence-electron chi connectivity index (χ2n) is 5.08. The van der Waals surface area contributed by atoms with Gasteiger partial charge in [0.15, 0.2) is 5.78 Å². The minimum atomic E-state index is -1.08. The molecule has 1 aromatic rings. The van der Waals surface area contributed by atoms with E-state index in [0.717, 1.165) is 0 Å². The Morgan fingerprint density at radius 1 is 1.23 bits per heavy atom. The van der Waals surface area contributed by atoms with Crippen LogP contribution in [0.3, 0.4) is 0 Å². The zero-order chi connectivity index (χ0) is 16.1. The molecule has 0 aliphatic heterocycles. The Morgan fingerprint density at radius 3 is 2.50 bits per heavy atom. The van der Waals surface area contributed by atoms with E-state index in [4.69, 9.17) is 5.11 Å². The minimum Gasteiger partial charge on any atom is -0.478 e. The molecule has 5 heteroatoms. The van der Waals surface area contributed by atoms with Crippen molar-refractivity contribution in [2.24, 2.45) is 0 Å². The Morgan fingerprint density at radius 2 is 1.91 bits per heavy atom. The number of benzene rings is 1. The third-order valence-corrected chi connectivity index (χ3v) is 3.56. The smallest absolute Gasteiger partial charge is 0.331 e. The van der Waals surface area contributed by atoms with Crippen LogP contribution in [-0.4, -0.2) is 23.3 Å². The number of para-hydroxylation sites is 1. The Bertz CT molecular complexity index is 658. The van der Waals surface area contributed by atoms with Crippen molar-refractivity contribution in [1.29, 1.82) is 0 Å². The molecule has 0 aromatic heterocycles. The van der Waals surface area contributed by atoms with Gasteiger partial charge in [0, 0.05) is 29.0 Å². The summed E-state index contributed by atoms with van der Waals surface area (Å²) in [6, 6.07) is 8.98. The molecule has 0 saturated heterocycles. The minimum absolute atomic E-state index is 0.0710. The number of amides is 1. The van der Waals surface area contributed by atoms with Crippen molar-refractivity contribution in [2.75, 3.05) is 4.90 Å². The highest BCUT2D eigenvalue weighted by molar-refractivity contribution is 6.03. The van der Waals surface area contributed by atoms with Gasteiger partial charge in [-0.3, -0.25) is 14.5 Å². The van der Waals surface area contributed by atoms with Gasteiger partial charge in [0.2, 0.25) is 6.41 Å². The highest BCUT2D eigenvalue weighted by Gasteiger charge is 2.24. The van der Waals surface area contributed by atoms with E-state index in [2.05, 4.69) is 0 Å². The number of aliphatic carboxylic acids is 1. The molecule has 0 fully saturated rings. The number of carboxylic acid groups (broad SMARTS) is 1. The number of anilines is 1. The van der Waals surface area contributed by atoms with Gasteiger partial charge in [-0.05, 0) is 38.0 Å². The van der Waals surface area contributed by atoms with E-state index in [9.17, 15) is 14.4 Å². The first-order valence-electron chi connectivity index (χ1n) is 7.02. The fraction of sp³-hybridized carbons (Fsp3) is 0.235. The molecule has 0 bridgehead atoms. The van der Waals surface area contributed by atoms with Gasteiger partial charge in [0.05, 0.1) is 0 Å². The van der Waals surface area contributed by atoms with Gasteiger partial charge in [-0.2, -0.15) is 0 Å². The molecule has 5 nitrogen and oxygen atoms in total. The molecule has 114 valence electrons. The van der Waals surface area contributed by atoms with E-state index in [-0.39, 0.29) is 11.4 Å². The number of carbonyl (C=O) groups is 3. The number of carboxylic acids is 1. The molecule has 1 amide bonds. The number of hydrogen-bond acceptors (Lipinski definition) is 3. The van der Waals surface area contributed by atoms with Crippen LogP contribution in [0.5, 0.6) is 0 Å². The summed E-state index contributed by atoms with van der Waals surface area (Å²) in [6.07, 6.45) is 3.59. The first kappa shape index (κ1) is 15.7. The molecule has 22 heavy (non-hydrogen) atoms. The molecular weight excluding hydrogens is 282 g/mol. The molecule has 0 atom stereocenters. The summed E-state index contributed by atoms with van der Waals surface area (Å²) in [7, 11) is 0. The van der Waals surface area contributed by atoms with Crippen molar-refractivity contribution < 1.29 is 19.5 Å². The summed E-state index contributed by atoms with van der Waals surface area (Å²) in [5.41, 5.74) is 1.59. The molecule has 1 N–H and O–H groups in total. The summed E-state index contributed by atoms with van der Waals surface area (Å²) >= 11 is 0. The lowest BCUT2D eigenvalue weighted by molar-refractivity contribution is -0.132. The van der Waals surface area contributed by atoms with E-state index >= 15 is 0 Å². The molecule has 1 aromatic carbocycles. The van der Waals surface area contributed by atoms with Crippen LogP contribution in [0.25, 0.3) is 0 Å². The second-order valence-corrected chi connectivity index (χ2v) is 5.08. The third kappa shape index (κ3) is 3.31. The van der Waals surface area contributed by atoms with Crippen molar-refractivity contribution in [3.63, 3.8) is 0 Å². The van der Waals surface area contributed by atoms with E-state index in [0.29, 0.717) is 42.6 Å². The zero-order valence-corrected chi connectivity index (χ0v) is 12.3. The monoisotopic (exact) mass is 299 g/mol. The Labute approximate surface area is 128 Å². The first-order chi connectivity index (χ1) is 10.5. The number of nitrogens with zero attached hydrogens (tertiary/aromatic N) is 1. The fourth-order valence-corrected chi connectivity index (χ4v) is 2.41. The summed E-state index contributed by atoms with van der Waals surface area (Å²) in [6.45, 7) is 1.43. The van der Waals surface area contributed by atoms with Gasteiger partial charge in [-0.15, -0.1) is 0 Å². The van der Waals surface area contributed by atoms with Crippen molar-refractivity contribution in [1.82, 2.24) is 0 Å². The van der Waals surface area contributed by atoms with E-state index in [1.807, 2.05) is 6.07 Å². The zero-order valence-electron chi connectivity index (χ0n) is 12.3. The maximum Gasteiger partial charge on any atom is 0.331 e. The van der Waals surface area contributed by atoms with Gasteiger partial charge < -0.3 is 5.11 Å². The lowest BCUT2D eigenvalue weighted by Crippen LogP contribution is -2.26. The van der Waals surface area contributed by atoms with Crippen LogP contribution in [0, 0.1) is 0 Å². The van der Waals surface area contributed by atoms with Gasteiger partial charge in [-0.1, -0.05) is 18.2 Å². The largest absolute Gasteiger partial charge is 0.478 e. The van der Waals surface area contributed by atoms with Crippen molar-refractivity contribution in [2.45, 2.75) is 26.2 Å². The highest BCUT2D eigenvalue weighted by atomic mass is 16.4. The topological polar surface area (TPSA) is 74.7 Å². The van der Waals surface area contributed by atoms with Gasteiger partial charge in [0.1, 0.15) is 0 Å². The molecule has 0 saturated carbocycles. The third-order valence-electron chi connectivity index (χ3n) is 3.56. The van der Waals surface area contributed by atoms with Crippen LogP contribution in [0.4, 0.5) is 5.69 Å². The molecule has 0 radical (unpaired) electrons. The standard InChI is InChI=1S/C17H17NO4/c1-12(17(21)22)10-14-15(8-5-9-16(14)20)18(11-19)13-6-3-2-4-7-13/h2-4,6-7,10-11H,5,8-9H2,1H3,(H,21,22)/b12-10+. The molecule has 0 heterocycles. The molecule has 0 spiro atoms. The van der Waals surface area contributed by atoms with Crippen LogP contribution >= 0.6 is 0 Å². The van der Waals surface area contributed by atoms with E-state index in [1.54, 1.807) is 24.3 Å². The number of carbonyl (C=O) groups excluding carboxylic acids is 2. The molecule has 1 aliphatic rings. The van der Waals surface area contributed by atoms with Crippen LogP contribution in [-0.2, 0) is 14.4 Å². The van der Waals surface area contributed by atoms with Crippen molar-refractivity contribution in [3.05, 3.63) is 53.3 Å². The predicted molar refractivity (Wildman–Crippen MR) is 82.3 cm³/mol. The lowest BCUT2D eigenvalue weighted by atomic mass is 9.92. The average molecular weight is 299 g/mol. The van der Waals surface area contributed by atoms with Crippen LogP contribution in [0.2, 0.25) is 0 Å². The second kappa shape index (κ2) is 6.85. The summed E-state index contributed by atoms with van der Waals surface area (Å²) < 4.78 is 0. The SMILES string of the molecule is C/C(=C\C1=C(N(C=O)c2ccccc2)CCCC1=O)C(=O)O. The fourth-order valence-electron chi connectivity index (χ4n) is 2.41. The number of allylic oxidation sites excluding steroid dienone is 3. The normalized spacial score (nSPS) is 15.7. The Balaban J connectivity index is 2.54. The average Bonchev–Trinajstić information content (AvgIpc) is 2.52. The first-order valence-corrected chi connectivity index (χ1v) is 7.02. The van der Waals surface area contributed by atoms with Crippen molar-refractivity contribution in [3.8, 4) is 0 Å². The maximum atomic E-state index is 12.2. The Hall–Kier alpha value is -2.69. The van der Waals surface area contributed by atoms with E-state index in [1.165, 1.54) is 17.9 Å². The van der Waals surface area contributed by atoms with Crippen LogP contribution < -0.4 is 4.90 Å². The molecule has 2 rings (SSSR count). The van der Waals surface area contributed by atoms with Crippen molar-refractivity contribution >= 4 is 23.9 Å². The Kier molecular flexibility index (Phi) is 4.88.